The first kappa shape index (κ1) is 18.8. The van der Waals surface area contributed by atoms with Crippen molar-refractivity contribution < 1.29 is 14.3 Å². The van der Waals surface area contributed by atoms with Gasteiger partial charge in [0, 0.05) is 18.0 Å². The molecule has 0 fully saturated rings. The van der Waals surface area contributed by atoms with Crippen LogP contribution in [-0.2, 0) is 9.53 Å². The minimum absolute atomic E-state index is 0.0780. The number of anilines is 2. The highest BCUT2D eigenvalue weighted by atomic mass is 16.5. The zero-order chi connectivity index (χ0) is 18.1. The number of benzene rings is 2. The fraction of sp³-hybridized carbons (Fsp3) is 0.350. The molecule has 1 amide bonds. The summed E-state index contributed by atoms with van der Waals surface area (Å²) < 4.78 is 10.8. The number of rotatable bonds is 9. The maximum Gasteiger partial charge on any atom is 0.243 e. The molecule has 0 radical (unpaired) electrons. The van der Waals surface area contributed by atoms with Crippen molar-refractivity contribution in [3.8, 4) is 5.75 Å². The second-order valence-electron chi connectivity index (χ2n) is 5.72. The lowest BCUT2D eigenvalue weighted by molar-refractivity contribution is -0.114. The predicted octanol–water partition coefficient (Wildman–Crippen LogP) is 3.77. The molecule has 0 saturated carbocycles. The molecule has 2 rings (SSSR count). The number of amides is 1. The van der Waals surface area contributed by atoms with Gasteiger partial charge < -0.3 is 20.1 Å². The van der Waals surface area contributed by atoms with Gasteiger partial charge >= 0.3 is 0 Å². The van der Waals surface area contributed by atoms with Gasteiger partial charge in [0.2, 0.25) is 5.91 Å². The molecule has 134 valence electrons. The van der Waals surface area contributed by atoms with Crippen molar-refractivity contribution in [3.05, 3.63) is 53.6 Å². The van der Waals surface area contributed by atoms with Crippen LogP contribution in [0, 0.1) is 13.8 Å². The summed E-state index contributed by atoms with van der Waals surface area (Å²) in [6.45, 7) is 7.99. The highest BCUT2D eigenvalue weighted by molar-refractivity contribution is 5.94. The smallest absolute Gasteiger partial charge is 0.243 e. The molecule has 25 heavy (non-hydrogen) atoms. The highest BCUT2D eigenvalue weighted by Gasteiger charge is 2.06. The van der Waals surface area contributed by atoms with E-state index in [9.17, 15) is 4.79 Å². The number of aryl methyl sites for hydroxylation is 1. The van der Waals surface area contributed by atoms with Gasteiger partial charge in [-0.2, -0.15) is 0 Å². The fourth-order valence-corrected chi connectivity index (χ4v) is 2.30. The first-order valence-corrected chi connectivity index (χ1v) is 8.50. The van der Waals surface area contributed by atoms with Gasteiger partial charge in [-0.25, -0.2) is 0 Å². The lowest BCUT2D eigenvalue weighted by Crippen LogP contribution is -2.22. The number of hydrogen-bond acceptors (Lipinski definition) is 4. The number of carbonyl (C=O) groups excluding carboxylic acids is 1. The topological polar surface area (TPSA) is 59.6 Å². The van der Waals surface area contributed by atoms with Crippen LogP contribution in [0.25, 0.3) is 0 Å². The zero-order valence-corrected chi connectivity index (χ0v) is 15.1. The molecular weight excluding hydrogens is 316 g/mol. The summed E-state index contributed by atoms with van der Waals surface area (Å²) >= 11 is 0. The molecule has 0 saturated heterocycles. The van der Waals surface area contributed by atoms with Gasteiger partial charge in [0.15, 0.2) is 0 Å². The second kappa shape index (κ2) is 9.69. The number of nitrogens with one attached hydrogen (secondary N) is 2. The maximum absolute atomic E-state index is 12.1. The van der Waals surface area contributed by atoms with Crippen molar-refractivity contribution in [1.82, 2.24) is 0 Å². The van der Waals surface area contributed by atoms with Crippen molar-refractivity contribution in [2.24, 2.45) is 0 Å². The Labute approximate surface area is 149 Å². The van der Waals surface area contributed by atoms with E-state index in [4.69, 9.17) is 9.47 Å². The van der Waals surface area contributed by atoms with Crippen LogP contribution in [0.4, 0.5) is 11.4 Å². The molecule has 0 aliphatic heterocycles. The average Bonchev–Trinajstić information content (AvgIpc) is 2.62. The van der Waals surface area contributed by atoms with Crippen molar-refractivity contribution in [1.29, 1.82) is 0 Å². The Morgan fingerprint density at radius 1 is 1.04 bits per heavy atom. The molecule has 0 heterocycles. The van der Waals surface area contributed by atoms with Crippen molar-refractivity contribution in [2.45, 2.75) is 20.8 Å². The molecule has 0 atom stereocenters. The van der Waals surface area contributed by atoms with E-state index in [1.807, 2.05) is 63.2 Å². The van der Waals surface area contributed by atoms with Gasteiger partial charge in [-0.1, -0.05) is 12.1 Å². The van der Waals surface area contributed by atoms with Crippen LogP contribution in [0.1, 0.15) is 18.1 Å². The summed E-state index contributed by atoms with van der Waals surface area (Å²) in [6.07, 6.45) is 0. The van der Waals surface area contributed by atoms with Crippen LogP contribution in [0.2, 0.25) is 0 Å². The Morgan fingerprint density at radius 3 is 2.52 bits per heavy atom. The zero-order valence-electron chi connectivity index (χ0n) is 15.1. The van der Waals surface area contributed by atoms with E-state index < -0.39 is 0 Å². The van der Waals surface area contributed by atoms with E-state index in [1.54, 1.807) is 0 Å². The Hall–Kier alpha value is -2.53. The largest absolute Gasteiger partial charge is 0.491 e. The van der Waals surface area contributed by atoms with Gasteiger partial charge in [-0.3, -0.25) is 4.79 Å². The standard InChI is InChI=1S/C20H26N2O3/c1-4-24-12-13-25-18-10-8-17(9-11-18)21-14-20(23)22-19-7-5-6-15(2)16(19)3/h5-11,21H,4,12-14H2,1-3H3,(H,22,23). The Balaban J connectivity index is 1.78. The van der Waals surface area contributed by atoms with E-state index in [1.165, 1.54) is 0 Å². The number of carbonyl (C=O) groups is 1. The molecule has 0 aromatic heterocycles. The molecule has 5 heteroatoms. The van der Waals surface area contributed by atoms with Crippen LogP contribution >= 0.6 is 0 Å². The summed E-state index contributed by atoms with van der Waals surface area (Å²) in [6, 6.07) is 13.4. The van der Waals surface area contributed by atoms with E-state index in [0.29, 0.717) is 19.8 Å². The summed E-state index contributed by atoms with van der Waals surface area (Å²) in [5.74, 6) is 0.704. The van der Waals surface area contributed by atoms with E-state index >= 15 is 0 Å². The first-order chi connectivity index (χ1) is 12.1. The molecule has 5 nitrogen and oxygen atoms in total. The molecule has 0 aliphatic rings. The maximum atomic E-state index is 12.1. The van der Waals surface area contributed by atoms with Crippen LogP contribution in [0.15, 0.2) is 42.5 Å². The molecule has 2 aromatic rings. The van der Waals surface area contributed by atoms with Crippen LogP contribution in [0.5, 0.6) is 5.75 Å². The lowest BCUT2D eigenvalue weighted by Gasteiger charge is -2.12. The highest BCUT2D eigenvalue weighted by Crippen LogP contribution is 2.18. The minimum Gasteiger partial charge on any atom is -0.491 e. The van der Waals surface area contributed by atoms with Crippen LogP contribution < -0.4 is 15.4 Å². The van der Waals surface area contributed by atoms with Crippen LogP contribution in [0.3, 0.4) is 0 Å². The summed E-state index contributed by atoms with van der Waals surface area (Å²) in [7, 11) is 0. The minimum atomic E-state index is -0.0780. The summed E-state index contributed by atoms with van der Waals surface area (Å²) in [5.41, 5.74) is 3.97. The fourth-order valence-electron chi connectivity index (χ4n) is 2.30. The Kier molecular flexibility index (Phi) is 7.29. The normalized spacial score (nSPS) is 10.4. The average molecular weight is 342 g/mol. The van der Waals surface area contributed by atoms with Crippen LogP contribution in [-0.4, -0.2) is 32.3 Å². The third-order valence-corrected chi connectivity index (χ3v) is 3.89. The van der Waals surface area contributed by atoms with Gasteiger partial charge in [-0.15, -0.1) is 0 Å². The molecule has 0 spiro atoms. The van der Waals surface area contributed by atoms with Gasteiger partial charge in [0.25, 0.3) is 0 Å². The second-order valence-corrected chi connectivity index (χ2v) is 5.72. The van der Waals surface area contributed by atoms with Gasteiger partial charge in [0.1, 0.15) is 12.4 Å². The van der Waals surface area contributed by atoms with Crippen molar-refractivity contribution >= 4 is 17.3 Å². The molecule has 0 unspecified atom stereocenters. The molecular formula is C20H26N2O3. The summed E-state index contributed by atoms with van der Waals surface area (Å²) in [4.78, 5) is 12.1. The molecule has 2 N–H and O–H groups in total. The van der Waals surface area contributed by atoms with Crippen molar-refractivity contribution in [3.63, 3.8) is 0 Å². The Bertz CT molecular complexity index is 684. The third-order valence-electron chi connectivity index (χ3n) is 3.89. The lowest BCUT2D eigenvalue weighted by atomic mass is 10.1. The Morgan fingerprint density at radius 2 is 1.80 bits per heavy atom. The first-order valence-electron chi connectivity index (χ1n) is 8.50. The number of hydrogen-bond donors (Lipinski definition) is 2. The molecule has 0 aliphatic carbocycles. The van der Waals surface area contributed by atoms with Crippen molar-refractivity contribution in [2.75, 3.05) is 37.0 Å². The SMILES string of the molecule is CCOCCOc1ccc(NCC(=O)Nc2cccc(C)c2C)cc1. The van der Waals surface area contributed by atoms with E-state index in [-0.39, 0.29) is 12.5 Å². The summed E-state index contributed by atoms with van der Waals surface area (Å²) in [5, 5.41) is 6.04. The third kappa shape index (κ3) is 6.12. The quantitative estimate of drug-likeness (QED) is 0.681. The van der Waals surface area contributed by atoms with Gasteiger partial charge in [-0.05, 0) is 62.2 Å². The number of ether oxygens (including phenoxy) is 2. The van der Waals surface area contributed by atoms with Gasteiger partial charge in [0.05, 0.1) is 13.2 Å². The molecule has 0 bridgehead atoms. The van der Waals surface area contributed by atoms with E-state index in [2.05, 4.69) is 10.6 Å². The predicted molar refractivity (Wildman–Crippen MR) is 101 cm³/mol. The monoisotopic (exact) mass is 342 g/mol. The van der Waals surface area contributed by atoms with E-state index in [0.717, 1.165) is 28.3 Å². The molecule has 2 aromatic carbocycles.